The van der Waals surface area contributed by atoms with Crippen LogP contribution in [0.15, 0.2) is 18.2 Å². The van der Waals surface area contributed by atoms with Crippen molar-refractivity contribution in [3.8, 4) is 0 Å². The van der Waals surface area contributed by atoms with Crippen molar-refractivity contribution in [2.24, 2.45) is 0 Å². The van der Waals surface area contributed by atoms with Crippen LogP contribution < -0.4 is 10.6 Å². The highest BCUT2D eigenvalue weighted by atomic mass is 19.4. The van der Waals surface area contributed by atoms with Gasteiger partial charge in [0.05, 0.1) is 16.9 Å². The number of nitrogens with zero attached hydrogens (tertiary/aromatic N) is 2. The topological polar surface area (TPSA) is 32.5 Å². The van der Waals surface area contributed by atoms with Crippen LogP contribution in [0.5, 0.6) is 0 Å². The Hall–Kier alpha value is -1.43. The fourth-order valence-electron chi connectivity index (χ4n) is 2.61. The summed E-state index contributed by atoms with van der Waals surface area (Å²) in [6.45, 7) is 1.63. The number of likely N-dealkylation sites (N-methyl/N-ethyl adjacent to an activating group) is 1. The summed E-state index contributed by atoms with van der Waals surface area (Å²) in [5.74, 6) is 0. The van der Waals surface area contributed by atoms with Crippen molar-refractivity contribution in [2.45, 2.75) is 25.1 Å². The molecule has 1 aromatic rings. The lowest BCUT2D eigenvalue weighted by atomic mass is 10.0. The van der Waals surface area contributed by atoms with E-state index < -0.39 is 11.7 Å². The molecular formula is C14H20F3N3. The fourth-order valence-corrected chi connectivity index (χ4v) is 2.61. The quantitative estimate of drug-likeness (QED) is 0.849. The number of piperidine rings is 1. The molecule has 0 aliphatic carbocycles. The molecule has 20 heavy (non-hydrogen) atoms. The minimum atomic E-state index is -4.35. The average Bonchev–Trinajstić information content (AvgIpc) is 2.37. The van der Waals surface area contributed by atoms with E-state index in [-0.39, 0.29) is 5.69 Å². The van der Waals surface area contributed by atoms with Gasteiger partial charge in [0.15, 0.2) is 0 Å². The number of halogens is 3. The molecule has 1 aliphatic rings. The summed E-state index contributed by atoms with van der Waals surface area (Å²) in [6, 6.07) is 4.01. The van der Waals surface area contributed by atoms with E-state index in [9.17, 15) is 13.2 Å². The fraction of sp³-hybridized carbons (Fsp3) is 0.571. The molecular weight excluding hydrogens is 267 g/mol. The van der Waals surface area contributed by atoms with Gasteiger partial charge in [-0.15, -0.1) is 0 Å². The van der Waals surface area contributed by atoms with Crippen molar-refractivity contribution in [3.05, 3.63) is 23.8 Å². The Bertz CT molecular complexity index is 471. The SMILES string of the molecule is CN(C)C1CCCN(c2ccc(C(F)(F)F)cc2N)C1. The van der Waals surface area contributed by atoms with Crippen LogP contribution in [-0.2, 0) is 6.18 Å². The summed E-state index contributed by atoms with van der Waals surface area (Å²) in [5.41, 5.74) is 6.01. The van der Waals surface area contributed by atoms with Gasteiger partial charge in [-0.05, 0) is 45.1 Å². The van der Waals surface area contributed by atoms with Crippen molar-refractivity contribution < 1.29 is 13.2 Å². The number of anilines is 2. The van der Waals surface area contributed by atoms with Crippen LogP contribution in [0.25, 0.3) is 0 Å². The maximum Gasteiger partial charge on any atom is 0.416 e. The molecule has 1 saturated heterocycles. The highest BCUT2D eigenvalue weighted by Gasteiger charge is 2.31. The van der Waals surface area contributed by atoms with Gasteiger partial charge in [0.25, 0.3) is 0 Å². The van der Waals surface area contributed by atoms with Gasteiger partial charge >= 0.3 is 6.18 Å². The molecule has 1 aromatic carbocycles. The van der Waals surface area contributed by atoms with Crippen LogP contribution in [-0.4, -0.2) is 38.1 Å². The van der Waals surface area contributed by atoms with E-state index in [1.54, 1.807) is 0 Å². The molecule has 1 fully saturated rings. The van der Waals surface area contributed by atoms with Gasteiger partial charge in [0.2, 0.25) is 0 Å². The number of benzene rings is 1. The monoisotopic (exact) mass is 287 g/mol. The Kier molecular flexibility index (Phi) is 4.13. The van der Waals surface area contributed by atoms with Crippen LogP contribution in [0.1, 0.15) is 18.4 Å². The second-order valence-corrected chi connectivity index (χ2v) is 5.48. The molecule has 0 bridgehead atoms. The Labute approximate surface area is 117 Å². The summed E-state index contributed by atoms with van der Waals surface area (Å²) >= 11 is 0. The van der Waals surface area contributed by atoms with Crippen LogP contribution in [0.3, 0.4) is 0 Å². The first-order valence-corrected chi connectivity index (χ1v) is 6.67. The minimum absolute atomic E-state index is 0.194. The third-order valence-electron chi connectivity index (χ3n) is 3.82. The van der Waals surface area contributed by atoms with E-state index >= 15 is 0 Å². The molecule has 0 amide bonds. The molecule has 0 spiro atoms. The first kappa shape index (κ1) is 15.0. The Morgan fingerprint density at radius 2 is 2.00 bits per heavy atom. The Morgan fingerprint density at radius 1 is 1.30 bits per heavy atom. The van der Waals surface area contributed by atoms with Gasteiger partial charge in [0.1, 0.15) is 0 Å². The zero-order chi connectivity index (χ0) is 14.9. The second-order valence-electron chi connectivity index (χ2n) is 5.48. The minimum Gasteiger partial charge on any atom is -0.397 e. The number of nitrogen functional groups attached to an aromatic ring is 1. The molecule has 1 unspecified atom stereocenters. The van der Waals surface area contributed by atoms with Crippen LogP contribution in [0.2, 0.25) is 0 Å². The number of hydrogen-bond acceptors (Lipinski definition) is 3. The molecule has 1 atom stereocenters. The number of nitrogens with two attached hydrogens (primary N) is 1. The summed E-state index contributed by atoms with van der Waals surface area (Å²) in [5, 5.41) is 0. The van der Waals surface area contributed by atoms with Crippen molar-refractivity contribution in [3.63, 3.8) is 0 Å². The zero-order valence-electron chi connectivity index (χ0n) is 11.7. The van der Waals surface area contributed by atoms with E-state index in [1.165, 1.54) is 6.07 Å². The number of rotatable bonds is 2. The average molecular weight is 287 g/mol. The predicted molar refractivity (Wildman–Crippen MR) is 74.8 cm³/mol. The third kappa shape index (κ3) is 3.17. The van der Waals surface area contributed by atoms with E-state index in [2.05, 4.69) is 9.80 Å². The maximum atomic E-state index is 12.6. The Balaban J connectivity index is 2.21. The van der Waals surface area contributed by atoms with Gasteiger partial charge in [0, 0.05) is 19.1 Å². The summed E-state index contributed by atoms with van der Waals surface area (Å²) in [4.78, 5) is 4.22. The third-order valence-corrected chi connectivity index (χ3v) is 3.82. The first-order valence-electron chi connectivity index (χ1n) is 6.67. The van der Waals surface area contributed by atoms with Crippen molar-refractivity contribution in [1.29, 1.82) is 0 Å². The lowest BCUT2D eigenvalue weighted by molar-refractivity contribution is -0.137. The largest absolute Gasteiger partial charge is 0.416 e. The molecule has 3 nitrogen and oxygen atoms in total. The molecule has 6 heteroatoms. The van der Waals surface area contributed by atoms with E-state index in [0.29, 0.717) is 11.7 Å². The summed E-state index contributed by atoms with van der Waals surface area (Å²) in [6.07, 6.45) is -2.23. The molecule has 112 valence electrons. The van der Waals surface area contributed by atoms with Gasteiger partial charge in [-0.2, -0.15) is 13.2 Å². The smallest absolute Gasteiger partial charge is 0.397 e. The molecule has 0 aromatic heterocycles. The molecule has 0 saturated carbocycles. The first-order chi connectivity index (χ1) is 9.29. The lowest BCUT2D eigenvalue weighted by Gasteiger charge is -2.38. The number of alkyl halides is 3. The van der Waals surface area contributed by atoms with Crippen LogP contribution in [0, 0.1) is 0 Å². The van der Waals surface area contributed by atoms with Crippen molar-refractivity contribution >= 4 is 11.4 Å². The normalized spacial score (nSPS) is 20.5. The van der Waals surface area contributed by atoms with Gasteiger partial charge in [-0.3, -0.25) is 0 Å². The molecule has 2 N–H and O–H groups in total. The molecule has 0 radical (unpaired) electrons. The zero-order valence-corrected chi connectivity index (χ0v) is 11.7. The van der Waals surface area contributed by atoms with Crippen LogP contribution in [0.4, 0.5) is 24.5 Å². The molecule has 2 rings (SSSR count). The van der Waals surface area contributed by atoms with Crippen molar-refractivity contribution in [1.82, 2.24) is 4.90 Å². The summed E-state index contributed by atoms with van der Waals surface area (Å²) in [7, 11) is 4.04. The second kappa shape index (κ2) is 5.52. The molecule has 1 heterocycles. The maximum absolute atomic E-state index is 12.6. The van der Waals surface area contributed by atoms with E-state index in [4.69, 9.17) is 5.73 Å². The Morgan fingerprint density at radius 3 is 2.55 bits per heavy atom. The summed E-state index contributed by atoms with van der Waals surface area (Å²) < 4.78 is 37.9. The highest BCUT2D eigenvalue weighted by Crippen LogP contribution is 2.35. The molecule has 1 aliphatic heterocycles. The van der Waals surface area contributed by atoms with Crippen LogP contribution >= 0.6 is 0 Å². The van der Waals surface area contributed by atoms with Gasteiger partial charge in [-0.25, -0.2) is 0 Å². The lowest BCUT2D eigenvalue weighted by Crippen LogP contribution is -2.45. The van der Waals surface area contributed by atoms with E-state index in [1.807, 2.05) is 14.1 Å². The van der Waals surface area contributed by atoms with Crippen molar-refractivity contribution in [2.75, 3.05) is 37.8 Å². The standard InChI is InChI=1S/C14H20F3N3/c1-19(2)11-4-3-7-20(9-11)13-6-5-10(8-12(13)18)14(15,16)17/h5-6,8,11H,3-4,7,9,18H2,1-2H3. The van der Waals surface area contributed by atoms with Gasteiger partial charge in [-0.1, -0.05) is 0 Å². The van der Waals surface area contributed by atoms with Gasteiger partial charge < -0.3 is 15.5 Å². The predicted octanol–water partition coefficient (Wildman–Crippen LogP) is 2.82. The number of hydrogen-bond donors (Lipinski definition) is 1. The highest BCUT2D eigenvalue weighted by molar-refractivity contribution is 5.69. The van der Waals surface area contributed by atoms with E-state index in [0.717, 1.165) is 38.1 Å².